The summed E-state index contributed by atoms with van der Waals surface area (Å²) in [5.74, 6) is 0.670. The van der Waals surface area contributed by atoms with Gasteiger partial charge in [0.1, 0.15) is 6.54 Å². The lowest BCUT2D eigenvalue weighted by Gasteiger charge is -2.14. The molecule has 2 N–H and O–H groups in total. The lowest BCUT2D eigenvalue weighted by molar-refractivity contribution is -0.127. The molecule has 0 saturated carbocycles. The number of aliphatic imine (C=N–C) groups is 1. The first kappa shape index (κ1) is 18.7. The Labute approximate surface area is 133 Å². The van der Waals surface area contributed by atoms with Gasteiger partial charge in [-0.05, 0) is 19.3 Å². The van der Waals surface area contributed by atoms with Crippen LogP contribution in [0.3, 0.4) is 0 Å². The van der Waals surface area contributed by atoms with Gasteiger partial charge in [-0.15, -0.1) is 0 Å². The molecule has 1 amide bonds. The molecule has 1 atom stereocenters. The molecule has 1 aliphatic heterocycles. The van der Waals surface area contributed by atoms with Gasteiger partial charge in [0.25, 0.3) is 0 Å². The van der Waals surface area contributed by atoms with Crippen LogP contribution in [-0.2, 0) is 14.3 Å². The molecule has 1 unspecified atom stereocenters. The van der Waals surface area contributed by atoms with E-state index in [1.807, 2.05) is 0 Å². The van der Waals surface area contributed by atoms with Crippen molar-refractivity contribution < 1.29 is 14.3 Å². The fourth-order valence-electron chi connectivity index (χ4n) is 1.88. The average Bonchev–Trinajstić information content (AvgIpc) is 3.01. The maximum absolute atomic E-state index is 11.6. The Balaban J connectivity index is 2.21. The van der Waals surface area contributed by atoms with E-state index in [2.05, 4.69) is 22.5 Å². The molecule has 0 bridgehead atoms. The Bertz CT molecular complexity index is 342. The Kier molecular flexibility index (Phi) is 9.57. The van der Waals surface area contributed by atoms with Crippen LogP contribution in [0.1, 0.15) is 26.2 Å². The highest BCUT2D eigenvalue weighted by atomic mass is 16.5. The third kappa shape index (κ3) is 8.19. The number of amides is 1. The molecule has 0 aromatic carbocycles. The zero-order valence-corrected chi connectivity index (χ0v) is 14.1. The highest BCUT2D eigenvalue weighted by Gasteiger charge is 2.15. The number of guanidine groups is 1. The van der Waals surface area contributed by atoms with Crippen LogP contribution in [-0.4, -0.2) is 76.4 Å². The molecule has 0 aromatic heterocycles. The zero-order chi connectivity index (χ0) is 16.2. The van der Waals surface area contributed by atoms with Gasteiger partial charge in [0.05, 0.1) is 12.7 Å². The highest BCUT2D eigenvalue weighted by molar-refractivity contribution is 5.84. The predicted octanol–water partition coefficient (Wildman–Crippen LogP) is 0.215. The van der Waals surface area contributed by atoms with E-state index in [1.54, 1.807) is 19.0 Å². The van der Waals surface area contributed by atoms with E-state index in [0.717, 1.165) is 39.0 Å². The van der Waals surface area contributed by atoms with E-state index in [0.29, 0.717) is 19.2 Å². The normalized spacial score (nSPS) is 18.3. The van der Waals surface area contributed by atoms with Crippen molar-refractivity contribution >= 4 is 11.9 Å². The van der Waals surface area contributed by atoms with Crippen molar-refractivity contribution in [1.29, 1.82) is 0 Å². The van der Waals surface area contributed by atoms with Crippen LogP contribution in [0.15, 0.2) is 4.99 Å². The zero-order valence-electron chi connectivity index (χ0n) is 14.1. The third-order valence-corrected chi connectivity index (χ3v) is 3.27. The van der Waals surface area contributed by atoms with Crippen molar-refractivity contribution in [2.24, 2.45) is 4.99 Å². The maximum Gasteiger partial charge on any atom is 0.243 e. The second-order valence-electron chi connectivity index (χ2n) is 5.52. The third-order valence-electron chi connectivity index (χ3n) is 3.27. The van der Waals surface area contributed by atoms with Crippen LogP contribution < -0.4 is 10.6 Å². The van der Waals surface area contributed by atoms with Crippen LogP contribution in [0.4, 0.5) is 0 Å². The van der Waals surface area contributed by atoms with Gasteiger partial charge in [-0.3, -0.25) is 4.79 Å². The van der Waals surface area contributed by atoms with Gasteiger partial charge in [0, 0.05) is 40.4 Å². The summed E-state index contributed by atoms with van der Waals surface area (Å²) >= 11 is 0. The summed E-state index contributed by atoms with van der Waals surface area (Å²) in [6.07, 6.45) is 3.15. The summed E-state index contributed by atoms with van der Waals surface area (Å²) in [4.78, 5) is 17.4. The molecule has 22 heavy (non-hydrogen) atoms. The number of hydrogen-bond donors (Lipinski definition) is 2. The van der Waals surface area contributed by atoms with Crippen molar-refractivity contribution in [3.05, 3.63) is 0 Å². The number of rotatable bonds is 9. The van der Waals surface area contributed by atoms with Crippen LogP contribution in [0.25, 0.3) is 0 Å². The summed E-state index contributed by atoms with van der Waals surface area (Å²) < 4.78 is 11.0. The Morgan fingerprint density at radius 3 is 2.77 bits per heavy atom. The van der Waals surface area contributed by atoms with E-state index >= 15 is 0 Å². The largest absolute Gasteiger partial charge is 0.379 e. The highest BCUT2D eigenvalue weighted by Crippen LogP contribution is 2.07. The molecule has 1 fully saturated rings. The first-order valence-corrected chi connectivity index (χ1v) is 8.05. The number of nitrogens with zero attached hydrogens (tertiary/aromatic N) is 2. The Hall–Kier alpha value is -1.34. The Morgan fingerprint density at radius 2 is 2.14 bits per heavy atom. The molecule has 1 heterocycles. The molecule has 7 heteroatoms. The molecular weight excluding hydrogens is 284 g/mol. The lowest BCUT2D eigenvalue weighted by atomic mass is 10.3. The minimum atomic E-state index is -0.0119. The van der Waals surface area contributed by atoms with E-state index in [4.69, 9.17) is 9.47 Å². The maximum atomic E-state index is 11.6. The van der Waals surface area contributed by atoms with Crippen molar-refractivity contribution in [2.75, 3.05) is 53.6 Å². The van der Waals surface area contributed by atoms with Crippen LogP contribution in [0, 0.1) is 0 Å². The first-order chi connectivity index (χ1) is 10.6. The van der Waals surface area contributed by atoms with E-state index < -0.39 is 0 Å². The molecule has 1 saturated heterocycles. The Morgan fingerprint density at radius 1 is 1.36 bits per heavy atom. The second-order valence-corrected chi connectivity index (χ2v) is 5.52. The summed E-state index contributed by atoms with van der Waals surface area (Å²) in [6, 6.07) is 0. The molecule has 0 spiro atoms. The first-order valence-electron chi connectivity index (χ1n) is 8.05. The molecule has 1 aliphatic rings. The molecular formula is C15H30N4O3. The fourth-order valence-corrected chi connectivity index (χ4v) is 1.88. The molecule has 0 aromatic rings. The van der Waals surface area contributed by atoms with Crippen molar-refractivity contribution in [3.8, 4) is 0 Å². The van der Waals surface area contributed by atoms with Crippen molar-refractivity contribution in [3.63, 3.8) is 0 Å². The molecule has 128 valence electrons. The average molecular weight is 314 g/mol. The van der Waals surface area contributed by atoms with Crippen LogP contribution in [0.2, 0.25) is 0 Å². The number of carbonyl (C=O) groups is 1. The van der Waals surface area contributed by atoms with E-state index in [1.165, 1.54) is 0 Å². The SMILES string of the molecule is CCCNC(=NCC(=O)N(C)C)NCCCOC1CCOC1. The summed E-state index contributed by atoms with van der Waals surface area (Å²) in [5.41, 5.74) is 0. The topological polar surface area (TPSA) is 75.2 Å². The number of ether oxygens (including phenoxy) is 2. The number of likely N-dealkylation sites (N-methyl/N-ethyl adjacent to an activating group) is 1. The lowest BCUT2D eigenvalue weighted by Crippen LogP contribution is -2.39. The van der Waals surface area contributed by atoms with Crippen LogP contribution >= 0.6 is 0 Å². The fraction of sp³-hybridized carbons (Fsp3) is 0.867. The number of nitrogens with one attached hydrogen (secondary N) is 2. The standard InChI is InChI=1S/C15H30N4O3/c1-4-7-16-15(18-11-14(20)19(2)3)17-8-5-9-22-13-6-10-21-12-13/h13H,4-12H2,1-3H3,(H2,16,17,18). The van der Waals surface area contributed by atoms with E-state index in [-0.39, 0.29) is 18.6 Å². The predicted molar refractivity (Wildman–Crippen MR) is 87.1 cm³/mol. The summed E-state index contributed by atoms with van der Waals surface area (Å²) in [7, 11) is 3.46. The smallest absolute Gasteiger partial charge is 0.243 e. The van der Waals surface area contributed by atoms with Gasteiger partial charge in [-0.25, -0.2) is 4.99 Å². The van der Waals surface area contributed by atoms with Gasteiger partial charge in [0.2, 0.25) is 5.91 Å². The summed E-state index contributed by atoms with van der Waals surface area (Å²) in [5, 5.41) is 6.43. The van der Waals surface area contributed by atoms with Gasteiger partial charge in [0.15, 0.2) is 5.96 Å². The molecule has 0 radical (unpaired) electrons. The van der Waals surface area contributed by atoms with Crippen molar-refractivity contribution in [1.82, 2.24) is 15.5 Å². The van der Waals surface area contributed by atoms with Crippen molar-refractivity contribution in [2.45, 2.75) is 32.3 Å². The van der Waals surface area contributed by atoms with Gasteiger partial charge in [-0.2, -0.15) is 0 Å². The van der Waals surface area contributed by atoms with Gasteiger partial charge >= 0.3 is 0 Å². The summed E-state index contributed by atoms with van der Waals surface area (Å²) in [6.45, 7) is 6.07. The minimum absolute atomic E-state index is 0.0119. The number of carbonyl (C=O) groups excluding carboxylic acids is 1. The van der Waals surface area contributed by atoms with Gasteiger partial charge < -0.3 is 25.0 Å². The molecule has 1 rings (SSSR count). The second kappa shape index (κ2) is 11.3. The monoisotopic (exact) mass is 314 g/mol. The molecule has 7 nitrogen and oxygen atoms in total. The minimum Gasteiger partial charge on any atom is -0.379 e. The molecule has 0 aliphatic carbocycles. The quantitative estimate of drug-likeness (QED) is 0.362. The van der Waals surface area contributed by atoms with E-state index in [9.17, 15) is 4.79 Å². The van der Waals surface area contributed by atoms with Gasteiger partial charge in [-0.1, -0.05) is 6.92 Å². The number of hydrogen-bond acceptors (Lipinski definition) is 4. The van der Waals surface area contributed by atoms with Crippen LogP contribution in [0.5, 0.6) is 0 Å².